The van der Waals surface area contributed by atoms with E-state index in [0.717, 1.165) is 5.56 Å². The molecule has 0 fully saturated rings. The summed E-state index contributed by atoms with van der Waals surface area (Å²) in [4.78, 5) is 28.5. The Bertz CT molecular complexity index is 864. The zero-order valence-electron chi connectivity index (χ0n) is 13.5. The molecule has 0 aliphatic heterocycles. The van der Waals surface area contributed by atoms with E-state index in [1.54, 1.807) is 48.8 Å². The summed E-state index contributed by atoms with van der Waals surface area (Å²) < 4.78 is 0. The first-order valence-electron chi connectivity index (χ1n) is 7.86. The van der Waals surface area contributed by atoms with Gasteiger partial charge in [0, 0.05) is 35.8 Å². The normalized spacial score (nSPS) is 10.1. The van der Waals surface area contributed by atoms with Crippen LogP contribution in [0, 0.1) is 0 Å². The minimum Gasteiger partial charge on any atom is -0.334 e. The Morgan fingerprint density at radius 3 is 2.44 bits per heavy atom. The van der Waals surface area contributed by atoms with E-state index in [9.17, 15) is 9.59 Å². The fourth-order valence-corrected chi connectivity index (χ4v) is 2.35. The second-order valence-electron chi connectivity index (χ2n) is 5.44. The molecule has 0 unspecified atom stereocenters. The minimum absolute atomic E-state index is 0.0833. The van der Waals surface area contributed by atoms with Gasteiger partial charge in [-0.1, -0.05) is 48.5 Å². The maximum atomic E-state index is 12.5. The van der Waals surface area contributed by atoms with Crippen molar-refractivity contribution < 1.29 is 9.59 Å². The van der Waals surface area contributed by atoms with Crippen LogP contribution < -0.4 is 10.6 Å². The Labute approximate surface area is 145 Å². The number of urea groups is 1. The number of amides is 2. The summed E-state index contributed by atoms with van der Waals surface area (Å²) in [6, 6.07) is 19.3. The van der Waals surface area contributed by atoms with E-state index in [1.165, 1.54) is 0 Å². The molecule has 0 aliphatic rings. The van der Waals surface area contributed by atoms with Crippen molar-refractivity contribution in [2.75, 3.05) is 5.32 Å². The Morgan fingerprint density at radius 2 is 1.68 bits per heavy atom. The number of nitrogens with zero attached hydrogens (tertiary/aromatic N) is 1. The predicted molar refractivity (Wildman–Crippen MR) is 96.4 cm³/mol. The molecule has 0 bridgehead atoms. The average molecular weight is 331 g/mol. The van der Waals surface area contributed by atoms with Crippen LogP contribution in [0.2, 0.25) is 0 Å². The van der Waals surface area contributed by atoms with Crippen molar-refractivity contribution in [1.29, 1.82) is 0 Å². The van der Waals surface area contributed by atoms with Crippen LogP contribution in [0.5, 0.6) is 0 Å². The van der Waals surface area contributed by atoms with E-state index in [2.05, 4.69) is 15.6 Å². The topological polar surface area (TPSA) is 71.1 Å². The summed E-state index contributed by atoms with van der Waals surface area (Å²) in [7, 11) is 0. The highest BCUT2D eigenvalue weighted by atomic mass is 16.2. The molecule has 2 amide bonds. The van der Waals surface area contributed by atoms with Gasteiger partial charge in [-0.2, -0.15) is 0 Å². The van der Waals surface area contributed by atoms with E-state index >= 15 is 0 Å². The first-order valence-corrected chi connectivity index (χ1v) is 7.86. The number of nitrogens with one attached hydrogen (secondary N) is 2. The smallest absolute Gasteiger partial charge is 0.319 e. The van der Waals surface area contributed by atoms with E-state index in [1.807, 2.05) is 30.3 Å². The number of carbonyl (C=O) groups excluding carboxylic acids is 2. The van der Waals surface area contributed by atoms with Gasteiger partial charge < -0.3 is 10.6 Å². The van der Waals surface area contributed by atoms with E-state index < -0.39 is 0 Å². The average Bonchev–Trinajstić information content (AvgIpc) is 2.67. The van der Waals surface area contributed by atoms with Crippen molar-refractivity contribution in [2.45, 2.75) is 6.54 Å². The minimum atomic E-state index is -0.340. The third-order valence-corrected chi connectivity index (χ3v) is 3.59. The fourth-order valence-electron chi connectivity index (χ4n) is 2.35. The third-order valence-electron chi connectivity index (χ3n) is 3.59. The van der Waals surface area contributed by atoms with Crippen molar-refractivity contribution in [1.82, 2.24) is 10.3 Å². The van der Waals surface area contributed by atoms with Crippen molar-refractivity contribution in [2.24, 2.45) is 0 Å². The van der Waals surface area contributed by atoms with Crippen molar-refractivity contribution >= 4 is 17.5 Å². The standard InChI is InChI=1S/C20H17N3O2/c24-19(16-7-2-1-3-8-16)17-9-4-10-18(12-17)23-20(25)22-14-15-6-5-11-21-13-15/h1-13H,14H2,(H2,22,23,25). The predicted octanol–water partition coefficient (Wildman–Crippen LogP) is 3.63. The van der Waals surface area contributed by atoms with Crippen LogP contribution in [0.25, 0.3) is 0 Å². The quantitative estimate of drug-likeness (QED) is 0.701. The Balaban J connectivity index is 1.63. The molecule has 5 nitrogen and oxygen atoms in total. The van der Waals surface area contributed by atoms with Crippen LogP contribution in [0.15, 0.2) is 79.1 Å². The maximum Gasteiger partial charge on any atom is 0.319 e. The molecular formula is C20H17N3O2. The summed E-state index contributed by atoms with van der Waals surface area (Å²) in [6.45, 7) is 0.377. The van der Waals surface area contributed by atoms with Crippen molar-refractivity contribution in [3.63, 3.8) is 0 Å². The van der Waals surface area contributed by atoms with E-state index in [0.29, 0.717) is 23.4 Å². The van der Waals surface area contributed by atoms with Gasteiger partial charge in [-0.25, -0.2) is 4.79 Å². The summed E-state index contributed by atoms with van der Waals surface area (Å²) in [6.07, 6.45) is 3.37. The van der Waals surface area contributed by atoms with Gasteiger partial charge in [0.2, 0.25) is 0 Å². The number of rotatable bonds is 5. The fraction of sp³-hybridized carbons (Fsp3) is 0.0500. The lowest BCUT2D eigenvalue weighted by Gasteiger charge is -2.09. The number of carbonyl (C=O) groups is 2. The summed E-state index contributed by atoms with van der Waals surface area (Å²) in [5.74, 6) is -0.0833. The van der Waals surface area contributed by atoms with Gasteiger partial charge in [-0.15, -0.1) is 0 Å². The lowest BCUT2D eigenvalue weighted by molar-refractivity contribution is 0.103. The molecule has 2 N–H and O–H groups in total. The second kappa shape index (κ2) is 7.88. The first kappa shape index (κ1) is 16.4. The molecule has 25 heavy (non-hydrogen) atoms. The molecule has 3 rings (SSSR count). The zero-order chi connectivity index (χ0) is 17.5. The highest BCUT2D eigenvalue weighted by Gasteiger charge is 2.10. The van der Waals surface area contributed by atoms with Gasteiger partial charge in [0.15, 0.2) is 5.78 Å². The highest BCUT2D eigenvalue weighted by Crippen LogP contribution is 2.15. The Morgan fingerprint density at radius 1 is 0.880 bits per heavy atom. The van der Waals surface area contributed by atoms with Crippen molar-refractivity contribution in [3.8, 4) is 0 Å². The molecule has 5 heteroatoms. The third kappa shape index (κ3) is 4.51. The Hall–Kier alpha value is -3.47. The summed E-state index contributed by atoms with van der Waals surface area (Å²) in [5.41, 5.74) is 2.60. The molecule has 1 heterocycles. The molecule has 0 atom stereocenters. The van der Waals surface area contributed by atoms with Gasteiger partial charge in [0.05, 0.1) is 0 Å². The Kier molecular flexibility index (Phi) is 5.16. The molecule has 124 valence electrons. The number of pyridine rings is 1. The SMILES string of the molecule is O=C(NCc1cccnc1)Nc1cccc(C(=O)c2ccccc2)c1. The second-order valence-corrected chi connectivity index (χ2v) is 5.44. The van der Waals surface area contributed by atoms with Gasteiger partial charge in [-0.05, 0) is 23.8 Å². The molecule has 0 aliphatic carbocycles. The van der Waals surface area contributed by atoms with Crippen LogP contribution in [0.3, 0.4) is 0 Å². The lowest BCUT2D eigenvalue weighted by Crippen LogP contribution is -2.28. The lowest BCUT2D eigenvalue weighted by atomic mass is 10.0. The highest BCUT2D eigenvalue weighted by molar-refractivity contribution is 6.09. The van der Waals surface area contributed by atoms with Gasteiger partial charge in [0.25, 0.3) is 0 Å². The van der Waals surface area contributed by atoms with Crippen LogP contribution in [-0.2, 0) is 6.54 Å². The molecule has 0 spiro atoms. The van der Waals surface area contributed by atoms with Crippen molar-refractivity contribution in [3.05, 3.63) is 95.8 Å². The molecule has 0 saturated heterocycles. The maximum absolute atomic E-state index is 12.5. The molecule has 1 aromatic heterocycles. The number of hydrogen-bond donors (Lipinski definition) is 2. The molecular weight excluding hydrogens is 314 g/mol. The largest absolute Gasteiger partial charge is 0.334 e. The number of benzene rings is 2. The molecule has 2 aromatic carbocycles. The number of anilines is 1. The summed E-state index contributed by atoms with van der Waals surface area (Å²) in [5, 5.41) is 5.49. The zero-order valence-corrected chi connectivity index (χ0v) is 13.5. The molecule has 3 aromatic rings. The number of hydrogen-bond acceptors (Lipinski definition) is 3. The number of ketones is 1. The van der Waals surface area contributed by atoms with Crippen LogP contribution in [-0.4, -0.2) is 16.8 Å². The molecule has 0 saturated carbocycles. The van der Waals surface area contributed by atoms with Gasteiger partial charge >= 0.3 is 6.03 Å². The van der Waals surface area contributed by atoms with Crippen LogP contribution >= 0.6 is 0 Å². The van der Waals surface area contributed by atoms with Gasteiger partial charge in [-0.3, -0.25) is 9.78 Å². The monoisotopic (exact) mass is 331 g/mol. The van der Waals surface area contributed by atoms with Crippen LogP contribution in [0.1, 0.15) is 21.5 Å². The van der Waals surface area contributed by atoms with E-state index in [-0.39, 0.29) is 11.8 Å². The van der Waals surface area contributed by atoms with Crippen LogP contribution in [0.4, 0.5) is 10.5 Å². The van der Waals surface area contributed by atoms with E-state index in [4.69, 9.17) is 0 Å². The first-order chi connectivity index (χ1) is 12.2. The number of aromatic nitrogens is 1. The molecule has 0 radical (unpaired) electrons. The van der Waals surface area contributed by atoms with Gasteiger partial charge in [0.1, 0.15) is 0 Å². The summed E-state index contributed by atoms with van der Waals surface area (Å²) >= 11 is 0.